The van der Waals surface area contributed by atoms with Gasteiger partial charge in [-0.2, -0.15) is 0 Å². The number of hydrogen-bond acceptors (Lipinski definition) is 3. The summed E-state index contributed by atoms with van der Waals surface area (Å²) in [6, 6.07) is 0. The number of carbonyl (C=O) groups is 1. The van der Waals surface area contributed by atoms with Gasteiger partial charge in [0.05, 0.1) is 18.6 Å². The fraction of sp³-hybridized carbons (Fsp3) is 0.929. The second-order valence-corrected chi connectivity index (χ2v) is 5.63. The summed E-state index contributed by atoms with van der Waals surface area (Å²) < 4.78 is 5.70. The second kappa shape index (κ2) is 8.48. The first kappa shape index (κ1) is 15.4. The smallest absolute Gasteiger partial charge is 0.224 e. The summed E-state index contributed by atoms with van der Waals surface area (Å²) in [5, 5.41) is 2.92. The molecule has 0 aliphatic heterocycles. The zero-order valence-corrected chi connectivity index (χ0v) is 11.8. The molecule has 4 nitrogen and oxygen atoms in total. The fourth-order valence-corrected chi connectivity index (χ4v) is 2.48. The highest BCUT2D eigenvalue weighted by molar-refractivity contribution is 5.78. The largest absolute Gasteiger partial charge is 0.376 e. The van der Waals surface area contributed by atoms with Gasteiger partial charge in [0.2, 0.25) is 5.91 Å². The normalized spacial score (nSPS) is 18.2. The number of rotatable bonds is 8. The summed E-state index contributed by atoms with van der Waals surface area (Å²) in [4.78, 5) is 11.9. The van der Waals surface area contributed by atoms with Crippen molar-refractivity contribution >= 4 is 5.91 Å². The maximum Gasteiger partial charge on any atom is 0.224 e. The molecule has 18 heavy (non-hydrogen) atoms. The van der Waals surface area contributed by atoms with E-state index in [0.29, 0.717) is 31.7 Å². The Morgan fingerprint density at radius 2 is 2.06 bits per heavy atom. The van der Waals surface area contributed by atoms with E-state index < -0.39 is 0 Å². The van der Waals surface area contributed by atoms with Crippen molar-refractivity contribution in [2.45, 2.75) is 52.1 Å². The molecule has 1 aliphatic rings. The van der Waals surface area contributed by atoms with Gasteiger partial charge in [-0.25, -0.2) is 0 Å². The highest BCUT2D eigenvalue weighted by atomic mass is 16.5. The lowest BCUT2D eigenvalue weighted by Gasteiger charge is -2.17. The third-order valence-corrected chi connectivity index (χ3v) is 3.47. The third kappa shape index (κ3) is 5.83. The lowest BCUT2D eigenvalue weighted by atomic mass is 9.96. The van der Waals surface area contributed by atoms with Crippen LogP contribution in [-0.4, -0.2) is 31.7 Å². The van der Waals surface area contributed by atoms with Crippen LogP contribution in [0.4, 0.5) is 0 Å². The molecule has 0 saturated heterocycles. The maximum absolute atomic E-state index is 11.9. The van der Waals surface area contributed by atoms with Crippen molar-refractivity contribution in [1.29, 1.82) is 0 Å². The molecule has 1 rings (SSSR count). The molecule has 106 valence electrons. The molecule has 1 aliphatic carbocycles. The number of nitrogens with two attached hydrogens (primary N) is 1. The van der Waals surface area contributed by atoms with Crippen molar-refractivity contribution in [3.05, 3.63) is 0 Å². The number of nitrogens with one attached hydrogen (secondary N) is 1. The lowest BCUT2D eigenvalue weighted by Crippen LogP contribution is -2.37. The van der Waals surface area contributed by atoms with Gasteiger partial charge >= 0.3 is 0 Å². The highest BCUT2D eigenvalue weighted by Gasteiger charge is 2.18. The third-order valence-electron chi connectivity index (χ3n) is 3.47. The molecule has 0 bridgehead atoms. The van der Waals surface area contributed by atoms with Crippen LogP contribution in [-0.2, 0) is 9.53 Å². The molecule has 1 atom stereocenters. The van der Waals surface area contributed by atoms with E-state index in [9.17, 15) is 4.79 Å². The van der Waals surface area contributed by atoms with Gasteiger partial charge in [-0.05, 0) is 25.2 Å². The zero-order chi connectivity index (χ0) is 13.4. The van der Waals surface area contributed by atoms with E-state index in [1.807, 2.05) is 0 Å². The van der Waals surface area contributed by atoms with Crippen LogP contribution >= 0.6 is 0 Å². The molecule has 0 aromatic heterocycles. The van der Waals surface area contributed by atoms with Crippen LogP contribution in [0, 0.1) is 11.8 Å². The number of ether oxygens (including phenoxy) is 1. The topological polar surface area (TPSA) is 64.4 Å². The summed E-state index contributed by atoms with van der Waals surface area (Å²) in [6.07, 6.45) is 6.18. The molecule has 3 N–H and O–H groups in total. The average molecular weight is 256 g/mol. The number of hydrogen-bond donors (Lipinski definition) is 2. The first-order chi connectivity index (χ1) is 8.63. The predicted octanol–water partition coefficient (Wildman–Crippen LogP) is 1.68. The molecule has 1 amide bonds. The van der Waals surface area contributed by atoms with Crippen LogP contribution in [0.2, 0.25) is 0 Å². The van der Waals surface area contributed by atoms with E-state index in [2.05, 4.69) is 19.2 Å². The Hall–Kier alpha value is -0.610. The van der Waals surface area contributed by atoms with Gasteiger partial charge < -0.3 is 15.8 Å². The highest BCUT2D eigenvalue weighted by Crippen LogP contribution is 2.20. The van der Waals surface area contributed by atoms with Gasteiger partial charge in [0.25, 0.3) is 0 Å². The van der Waals surface area contributed by atoms with Gasteiger partial charge in [-0.15, -0.1) is 0 Å². The fourth-order valence-electron chi connectivity index (χ4n) is 2.48. The Balaban J connectivity index is 2.10. The van der Waals surface area contributed by atoms with Gasteiger partial charge in [0, 0.05) is 13.1 Å². The molecule has 0 aromatic carbocycles. The summed E-state index contributed by atoms with van der Waals surface area (Å²) in [7, 11) is 0. The van der Waals surface area contributed by atoms with Gasteiger partial charge in [-0.3, -0.25) is 4.79 Å². The molecule has 1 saturated carbocycles. The summed E-state index contributed by atoms with van der Waals surface area (Å²) in [5.74, 6) is 0.511. The Kier molecular flexibility index (Phi) is 7.28. The molecule has 4 heteroatoms. The quantitative estimate of drug-likeness (QED) is 0.649. The second-order valence-electron chi connectivity index (χ2n) is 5.63. The predicted molar refractivity (Wildman–Crippen MR) is 73.2 cm³/mol. The van der Waals surface area contributed by atoms with E-state index in [1.165, 1.54) is 25.7 Å². The van der Waals surface area contributed by atoms with Crippen molar-refractivity contribution in [1.82, 2.24) is 5.32 Å². The minimum atomic E-state index is -0.0588. The minimum Gasteiger partial charge on any atom is -0.376 e. The monoisotopic (exact) mass is 256 g/mol. The lowest BCUT2D eigenvalue weighted by molar-refractivity contribution is -0.125. The number of carbonyl (C=O) groups excluding carboxylic acids is 1. The molecular weight excluding hydrogens is 228 g/mol. The molecule has 0 aromatic rings. The van der Waals surface area contributed by atoms with Gasteiger partial charge in [-0.1, -0.05) is 26.7 Å². The van der Waals surface area contributed by atoms with Crippen LogP contribution in [0.3, 0.4) is 0 Å². The number of amides is 1. The molecule has 0 spiro atoms. The Morgan fingerprint density at radius 3 is 2.61 bits per heavy atom. The molecule has 1 fully saturated rings. The summed E-state index contributed by atoms with van der Waals surface area (Å²) in [5.41, 5.74) is 5.63. The molecule has 1 unspecified atom stereocenters. The van der Waals surface area contributed by atoms with Crippen molar-refractivity contribution in [3.63, 3.8) is 0 Å². The molecular formula is C14H28N2O2. The van der Waals surface area contributed by atoms with Crippen molar-refractivity contribution in [3.8, 4) is 0 Å². The SMILES string of the molecule is CC(C)CC(CN)C(=O)NCCOC1CCCC1. The first-order valence-corrected chi connectivity index (χ1v) is 7.22. The standard InChI is InChI=1S/C14H28N2O2/c1-11(2)9-12(10-15)14(17)16-7-8-18-13-5-3-4-6-13/h11-13H,3-10,15H2,1-2H3,(H,16,17). The summed E-state index contributed by atoms with van der Waals surface area (Å²) in [6.45, 7) is 5.87. The Bertz CT molecular complexity index is 238. The average Bonchev–Trinajstić information content (AvgIpc) is 2.84. The van der Waals surface area contributed by atoms with E-state index in [-0.39, 0.29) is 11.8 Å². The van der Waals surface area contributed by atoms with E-state index >= 15 is 0 Å². The molecule has 0 radical (unpaired) electrons. The van der Waals surface area contributed by atoms with Crippen LogP contribution in [0.1, 0.15) is 46.0 Å². The minimum absolute atomic E-state index is 0.0588. The van der Waals surface area contributed by atoms with Crippen LogP contribution in [0.25, 0.3) is 0 Å². The maximum atomic E-state index is 11.9. The van der Waals surface area contributed by atoms with E-state index in [1.54, 1.807) is 0 Å². The van der Waals surface area contributed by atoms with Crippen molar-refractivity contribution in [2.75, 3.05) is 19.7 Å². The van der Waals surface area contributed by atoms with Crippen molar-refractivity contribution < 1.29 is 9.53 Å². The van der Waals surface area contributed by atoms with Crippen LogP contribution in [0.5, 0.6) is 0 Å². The van der Waals surface area contributed by atoms with Crippen molar-refractivity contribution in [2.24, 2.45) is 17.6 Å². The van der Waals surface area contributed by atoms with Gasteiger partial charge in [0.15, 0.2) is 0 Å². The zero-order valence-electron chi connectivity index (χ0n) is 11.8. The Morgan fingerprint density at radius 1 is 1.39 bits per heavy atom. The van der Waals surface area contributed by atoms with E-state index in [4.69, 9.17) is 10.5 Å². The van der Waals surface area contributed by atoms with Crippen LogP contribution in [0.15, 0.2) is 0 Å². The summed E-state index contributed by atoms with van der Waals surface area (Å²) >= 11 is 0. The molecule has 0 heterocycles. The van der Waals surface area contributed by atoms with Gasteiger partial charge in [0.1, 0.15) is 0 Å². The van der Waals surface area contributed by atoms with E-state index in [0.717, 1.165) is 6.42 Å². The Labute approximate surface area is 111 Å². The first-order valence-electron chi connectivity index (χ1n) is 7.22. The van der Waals surface area contributed by atoms with Crippen LogP contribution < -0.4 is 11.1 Å².